The molecule has 156 valence electrons. The lowest BCUT2D eigenvalue weighted by molar-refractivity contribution is -0.119. The third-order valence-corrected chi connectivity index (χ3v) is 5.10. The van der Waals surface area contributed by atoms with Crippen LogP contribution in [0.4, 0.5) is 5.69 Å². The van der Waals surface area contributed by atoms with Crippen LogP contribution in [0.3, 0.4) is 0 Å². The fourth-order valence-electron chi connectivity index (χ4n) is 2.72. The molecule has 3 aromatic carbocycles. The zero-order valence-electron chi connectivity index (χ0n) is 16.6. The van der Waals surface area contributed by atoms with E-state index in [9.17, 15) is 9.59 Å². The predicted octanol–water partition coefficient (Wildman–Crippen LogP) is 4.68. The Labute approximate surface area is 184 Å². The summed E-state index contributed by atoms with van der Waals surface area (Å²) in [6, 6.07) is 25.4. The molecule has 1 amide bonds. The lowest BCUT2D eigenvalue weighted by atomic mass is 10.1. The highest BCUT2D eigenvalue weighted by atomic mass is 32.2. The van der Waals surface area contributed by atoms with Crippen LogP contribution in [-0.2, 0) is 16.1 Å². The second kappa shape index (κ2) is 11.4. The van der Waals surface area contributed by atoms with Gasteiger partial charge in [0.05, 0.1) is 23.1 Å². The van der Waals surface area contributed by atoms with Gasteiger partial charge >= 0.3 is 5.97 Å². The van der Waals surface area contributed by atoms with Crippen LogP contribution >= 0.6 is 11.8 Å². The molecule has 0 fully saturated rings. The Morgan fingerprint density at radius 3 is 2.45 bits per heavy atom. The van der Waals surface area contributed by atoms with E-state index in [0.717, 1.165) is 4.90 Å². The molecule has 0 aliphatic carbocycles. The number of nitriles is 1. The molecule has 0 aromatic heterocycles. The number of carbonyl (C=O) groups excluding carboxylic acids is 2. The molecular weight excluding hydrogens is 412 g/mol. The van der Waals surface area contributed by atoms with E-state index in [-0.39, 0.29) is 12.4 Å². The van der Waals surface area contributed by atoms with Crippen molar-refractivity contribution in [3.63, 3.8) is 0 Å². The molecule has 0 spiro atoms. The van der Waals surface area contributed by atoms with Crippen molar-refractivity contribution >= 4 is 29.3 Å². The molecule has 0 aliphatic rings. The summed E-state index contributed by atoms with van der Waals surface area (Å²) < 4.78 is 10.9. The van der Waals surface area contributed by atoms with E-state index in [4.69, 9.17) is 14.7 Å². The van der Waals surface area contributed by atoms with E-state index >= 15 is 0 Å². The zero-order valence-corrected chi connectivity index (χ0v) is 17.4. The molecule has 0 radical (unpaired) electrons. The Hall–Kier alpha value is -3.76. The van der Waals surface area contributed by atoms with Gasteiger partial charge in [0.1, 0.15) is 12.4 Å². The molecular formula is C24H20N2O4S. The van der Waals surface area contributed by atoms with Gasteiger partial charge in [-0.15, -0.1) is 11.8 Å². The van der Waals surface area contributed by atoms with Gasteiger partial charge in [-0.2, -0.15) is 5.26 Å². The summed E-state index contributed by atoms with van der Waals surface area (Å²) in [5.74, 6) is -0.104. The summed E-state index contributed by atoms with van der Waals surface area (Å²) >= 11 is 1.32. The van der Waals surface area contributed by atoms with Gasteiger partial charge in [0.25, 0.3) is 5.91 Å². The summed E-state index contributed by atoms with van der Waals surface area (Å²) in [6.07, 6.45) is 0. The number of ether oxygens (including phenoxy) is 2. The highest BCUT2D eigenvalue weighted by molar-refractivity contribution is 7.99. The van der Waals surface area contributed by atoms with Crippen LogP contribution in [0.5, 0.6) is 5.75 Å². The minimum atomic E-state index is -0.602. The maximum absolute atomic E-state index is 12.5. The molecule has 0 saturated heterocycles. The lowest BCUT2D eigenvalue weighted by Gasteiger charge is -2.12. The van der Waals surface area contributed by atoms with Crippen molar-refractivity contribution in [2.45, 2.75) is 11.5 Å². The SMILES string of the molecule is N#CCSc1ccccc1NC(=O)COC(=O)c1ccccc1COc1ccccc1. The van der Waals surface area contributed by atoms with Gasteiger partial charge in [-0.25, -0.2) is 4.79 Å². The number of nitrogens with zero attached hydrogens (tertiary/aromatic N) is 1. The van der Waals surface area contributed by atoms with Gasteiger partial charge < -0.3 is 14.8 Å². The Morgan fingerprint density at radius 2 is 1.65 bits per heavy atom. The third kappa shape index (κ3) is 6.63. The van der Waals surface area contributed by atoms with Crippen molar-refractivity contribution in [3.05, 3.63) is 90.0 Å². The topological polar surface area (TPSA) is 88.4 Å². The number of para-hydroxylation sites is 2. The van der Waals surface area contributed by atoms with E-state index in [0.29, 0.717) is 22.6 Å². The minimum Gasteiger partial charge on any atom is -0.489 e. The van der Waals surface area contributed by atoms with Gasteiger partial charge in [0.2, 0.25) is 0 Å². The minimum absolute atomic E-state index is 0.199. The highest BCUT2D eigenvalue weighted by Gasteiger charge is 2.15. The summed E-state index contributed by atoms with van der Waals surface area (Å²) in [5, 5.41) is 11.5. The fourth-order valence-corrected chi connectivity index (χ4v) is 3.39. The van der Waals surface area contributed by atoms with Gasteiger partial charge in [-0.05, 0) is 30.3 Å². The Bertz CT molecular complexity index is 1080. The van der Waals surface area contributed by atoms with Gasteiger partial charge in [0, 0.05) is 10.5 Å². The van der Waals surface area contributed by atoms with Crippen LogP contribution < -0.4 is 10.1 Å². The number of hydrogen-bond acceptors (Lipinski definition) is 6. The number of amides is 1. The highest BCUT2D eigenvalue weighted by Crippen LogP contribution is 2.26. The first-order valence-electron chi connectivity index (χ1n) is 9.49. The van der Waals surface area contributed by atoms with Crippen LogP contribution in [0.15, 0.2) is 83.8 Å². The van der Waals surface area contributed by atoms with Crippen molar-refractivity contribution in [1.29, 1.82) is 5.26 Å². The van der Waals surface area contributed by atoms with Crippen LogP contribution in [-0.4, -0.2) is 24.2 Å². The van der Waals surface area contributed by atoms with E-state index in [1.807, 2.05) is 48.5 Å². The first kappa shape index (κ1) is 21.9. The number of hydrogen-bond donors (Lipinski definition) is 1. The second-order valence-corrected chi connectivity index (χ2v) is 7.34. The number of benzene rings is 3. The molecule has 1 N–H and O–H groups in total. The Balaban J connectivity index is 1.57. The van der Waals surface area contributed by atoms with Crippen LogP contribution in [0.2, 0.25) is 0 Å². The second-order valence-electron chi connectivity index (χ2n) is 6.33. The Morgan fingerprint density at radius 1 is 0.935 bits per heavy atom. The first-order valence-corrected chi connectivity index (χ1v) is 10.5. The van der Waals surface area contributed by atoms with Crippen molar-refractivity contribution in [1.82, 2.24) is 0 Å². The van der Waals surface area contributed by atoms with Crippen molar-refractivity contribution in [3.8, 4) is 11.8 Å². The average molecular weight is 433 g/mol. The third-order valence-electron chi connectivity index (χ3n) is 4.16. The van der Waals surface area contributed by atoms with Crippen molar-refractivity contribution in [2.75, 3.05) is 17.7 Å². The normalized spacial score (nSPS) is 10.0. The lowest BCUT2D eigenvalue weighted by Crippen LogP contribution is -2.22. The molecule has 0 saturated carbocycles. The van der Waals surface area contributed by atoms with Crippen LogP contribution in [0.25, 0.3) is 0 Å². The quantitative estimate of drug-likeness (QED) is 0.390. The average Bonchev–Trinajstić information content (AvgIpc) is 2.81. The monoisotopic (exact) mass is 432 g/mol. The predicted molar refractivity (Wildman–Crippen MR) is 119 cm³/mol. The molecule has 0 unspecified atom stereocenters. The van der Waals surface area contributed by atoms with E-state index < -0.39 is 18.5 Å². The smallest absolute Gasteiger partial charge is 0.339 e. The largest absolute Gasteiger partial charge is 0.489 e. The Kier molecular flexibility index (Phi) is 8.09. The van der Waals surface area contributed by atoms with E-state index in [1.165, 1.54) is 11.8 Å². The van der Waals surface area contributed by atoms with Gasteiger partial charge in [-0.1, -0.05) is 48.5 Å². The summed E-state index contributed by atoms with van der Waals surface area (Å²) in [6.45, 7) is -0.227. The number of thioether (sulfide) groups is 1. The molecule has 3 aromatic rings. The number of anilines is 1. The van der Waals surface area contributed by atoms with Crippen molar-refractivity contribution < 1.29 is 19.1 Å². The van der Waals surface area contributed by atoms with Crippen LogP contribution in [0, 0.1) is 11.3 Å². The van der Waals surface area contributed by atoms with Crippen LogP contribution in [0.1, 0.15) is 15.9 Å². The standard InChI is InChI=1S/C24H20N2O4S/c25-14-15-31-22-13-7-6-12-21(22)26-23(27)17-30-24(28)20-11-5-4-8-18(20)16-29-19-9-2-1-3-10-19/h1-13H,15-17H2,(H,26,27). The molecule has 31 heavy (non-hydrogen) atoms. The maximum atomic E-state index is 12.5. The fraction of sp³-hybridized carbons (Fsp3) is 0.125. The molecule has 0 aliphatic heterocycles. The van der Waals surface area contributed by atoms with E-state index in [2.05, 4.69) is 11.4 Å². The summed E-state index contributed by atoms with van der Waals surface area (Å²) in [4.78, 5) is 25.6. The number of rotatable bonds is 9. The van der Waals surface area contributed by atoms with Gasteiger partial charge in [0.15, 0.2) is 6.61 Å². The summed E-state index contributed by atoms with van der Waals surface area (Å²) in [7, 11) is 0. The molecule has 7 heteroatoms. The molecule has 0 atom stereocenters. The van der Waals surface area contributed by atoms with Crippen molar-refractivity contribution in [2.24, 2.45) is 0 Å². The zero-order chi connectivity index (χ0) is 21.9. The van der Waals surface area contributed by atoms with E-state index in [1.54, 1.807) is 30.3 Å². The number of carbonyl (C=O) groups is 2. The molecule has 6 nitrogen and oxygen atoms in total. The summed E-state index contributed by atoms with van der Waals surface area (Å²) in [5.41, 5.74) is 1.58. The van der Waals surface area contributed by atoms with Gasteiger partial charge in [-0.3, -0.25) is 4.79 Å². The first-order chi connectivity index (χ1) is 15.2. The molecule has 0 heterocycles. The number of nitrogens with one attached hydrogen (secondary N) is 1. The maximum Gasteiger partial charge on any atom is 0.339 e. The molecule has 3 rings (SSSR count). The molecule has 0 bridgehead atoms. The number of esters is 1.